The number of nitrogens with one attached hydrogen (secondary N) is 4. The topological polar surface area (TPSA) is 174 Å². The van der Waals surface area contributed by atoms with Gasteiger partial charge in [-0.1, -0.05) is 79.6 Å². The number of carbonyl (C=O) groups excluding carboxylic acids is 5. The van der Waals surface area contributed by atoms with Gasteiger partial charge in [0.15, 0.2) is 0 Å². The zero-order valence-electron chi connectivity index (χ0n) is 36.3. The molecule has 2 aliphatic heterocycles. The first-order valence-corrected chi connectivity index (χ1v) is 24.3. The van der Waals surface area contributed by atoms with Gasteiger partial charge in [0.25, 0.3) is 5.91 Å². The lowest BCUT2D eigenvalue weighted by Gasteiger charge is -2.40. The molecule has 5 amide bonds. The highest BCUT2D eigenvalue weighted by Crippen LogP contribution is 2.88. The maximum Gasteiger partial charge on any atom is 0.259 e. The van der Waals surface area contributed by atoms with Crippen LogP contribution in [0.1, 0.15) is 164 Å². The van der Waals surface area contributed by atoms with Crippen LogP contribution in [0.4, 0.5) is 0 Å². The molecule has 0 aromatic carbocycles. The van der Waals surface area contributed by atoms with Gasteiger partial charge in [-0.05, 0) is 113 Å². The van der Waals surface area contributed by atoms with Gasteiger partial charge in [0, 0.05) is 18.0 Å². The van der Waals surface area contributed by atoms with E-state index in [1.807, 2.05) is 20.8 Å². The second kappa shape index (κ2) is 15.6. The van der Waals surface area contributed by atoms with Gasteiger partial charge < -0.3 is 20.9 Å². The van der Waals surface area contributed by atoms with Crippen LogP contribution in [-0.2, 0) is 34.0 Å². The minimum absolute atomic E-state index is 0.00808. The molecule has 7 fully saturated rings. The molecule has 0 aromatic heterocycles. The molecule has 0 unspecified atom stereocenters. The van der Waals surface area contributed by atoms with Crippen molar-refractivity contribution in [2.75, 3.05) is 13.1 Å². The summed E-state index contributed by atoms with van der Waals surface area (Å²) in [6, 6.07) is -2.81. The molecule has 326 valence electrons. The fourth-order valence-electron chi connectivity index (χ4n) is 12.5. The number of carbonyl (C=O) groups is 5. The van der Waals surface area contributed by atoms with Crippen LogP contribution < -0.4 is 20.7 Å². The van der Waals surface area contributed by atoms with Crippen molar-refractivity contribution in [2.45, 2.75) is 205 Å². The maximum atomic E-state index is 15.3. The van der Waals surface area contributed by atoms with Crippen LogP contribution in [0.25, 0.3) is 0 Å². The monoisotopic (exact) mass is 829 g/mol. The minimum atomic E-state index is -3.84. The molecule has 7 rings (SSSR count). The maximum absolute atomic E-state index is 15.3. The van der Waals surface area contributed by atoms with Crippen LogP contribution in [0.15, 0.2) is 0 Å². The Hall–Kier alpha value is -2.74. The molecule has 7 aliphatic rings. The largest absolute Gasteiger partial charge is 0.343 e. The van der Waals surface area contributed by atoms with Gasteiger partial charge in [-0.25, -0.2) is 8.42 Å². The number of sulfonamides is 1. The van der Waals surface area contributed by atoms with Crippen LogP contribution in [0.5, 0.6) is 0 Å². The van der Waals surface area contributed by atoms with E-state index in [9.17, 15) is 27.6 Å². The first-order chi connectivity index (χ1) is 27.2. The van der Waals surface area contributed by atoms with Crippen molar-refractivity contribution in [3.63, 3.8) is 0 Å². The zero-order valence-corrected chi connectivity index (χ0v) is 37.2. The van der Waals surface area contributed by atoms with E-state index < -0.39 is 56.2 Å². The quantitative estimate of drug-likeness (QED) is 0.220. The molecule has 4 N–H and O–H groups in total. The third-order valence-corrected chi connectivity index (χ3v) is 18.3. The van der Waals surface area contributed by atoms with E-state index in [0.29, 0.717) is 51.5 Å². The Morgan fingerprint density at radius 2 is 1.36 bits per heavy atom. The van der Waals surface area contributed by atoms with E-state index in [1.54, 1.807) is 4.90 Å². The Balaban J connectivity index is 1.16. The zero-order chi connectivity index (χ0) is 42.1. The molecule has 5 atom stereocenters. The van der Waals surface area contributed by atoms with Crippen molar-refractivity contribution in [1.82, 2.24) is 30.5 Å². The van der Waals surface area contributed by atoms with Crippen molar-refractivity contribution in [1.29, 1.82) is 0 Å². The van der Waals surface area contributed by atoms with Gasteiger partial charge in [0.1, 0.15) is 23.7 Å². The van der Waals surface area contributed by atoms with Crippen LogP contribution >= 0.6 is 0 Å². The molecule has 14 heteroatoms. The molecule has 58 heavy (non-hydrogen) atoms. The van der Waals surface area contributed by atoms with Crippen molar-refractivity contribution >= 4 is 39.6 Å². The van der Waals surface area contributed by atoms with Gasteiger partial charge >= 0.3 is 0 Å². The lowest BCUT2D eigenvalue weighted by molar-refractivity contribution is -0.146. The Bertz CT molecular complexity index is 1740. The first-order valence-electron chi connectivity index (χ1n) is 22.8. The molecule has 0 radical (unpaired) electrons. The highest BCUT2D eigenvalue weighted by molar-refractivity contribution is 7.91. The van der Waals surface area contributed by atoms with E-state index >= 15 is 4.79 Å². The summed E-state index contributed by atoms with van der Waals surface area (Å²) in [6.45, 7) is 15.7. The Labute approximate surface area is 347 Å². The molecule has 0 aromatic rings. The average molecular weight is 829 g/mol. The van der Waals surface area contributed by atoms with Crippen LogP contribution in [0.2, 0.25) is 0 Å². The van der Waals surface area contributed by atoms with E-state index in [4.69, 9.17) is 0 Å². The van der Waals surface area contributed by atoms with E-state index in [2.05, 4.69) is 53.3 Å². The van der Waals surface area contributed by atoms with Gasteiger partial charge in [0.2, 0.25) is 33.7 Å². The van der Waals surface area contributed by atoms with E-state index in [0.717, 1.165) is 77.2 Å². The van der Waals surface area contributed by atoms with E-state index in [-0.39, 0.29) is 52.0 Å². The molecule has 2 saturated heterocycles. The second-order valence-corrected chi connectivity index (χ2v) is 23.3. The third kappa shape index (κ3) is 7.50. The van der Waals surface area contributed by atoms with Crippen LogP contribution in [0, 0.1) is 27.6 Å². The van der Waals surface area contributed by atoms with Crippen molar-refractivity contribution in [3.05, 3.63) is 0 Å². The summed E-state index contributed by atoms with van der Waals surface area (Å²) in [5.41, 5.74) is -2.55. The Morgan fingerprint density at radius 3 is 1.91 bits per heavy atom. The molecule has 2 heterocycles. The summed E-state index contributed by atoms with van der Waals surface area (Å²) in [7, 11) is -3.84. The fraction of sp³-hybridized carbons (Fsp3) is 0.886. The van der Waals surface area contributed by atoms with Gasteiger partial charge in [-0.15, -0.1) is 0 Å². The van der Waals surface area contributed by atoms with Crippen molar-refractivity contribution in [3.8, 4) is 0 Å². The summed E-state index contributed by atoms with van der Waals surface area (Å²) in [4.78, 5) is 76.5. The lowest BCUT2D eigenvalue weighted by atomic mass is 9.73. The predicted molar refractivity (Wildman–Crippen MR) is 221 cm³/mol. The molecular formula is C44H72N6O7S. The van der Waals surface area contributed by atoms with E-state index in [1.165, 1.54) is 0 Å². The normalized spacial score (nSPS) is 30.4. The average Bonchev–Trinajstić information content (AvgIpc) is 3.92. The molecule has 5 aliphatic carbocycles. The highest BCUT2D eigenvalue weighted by atomic mass is 32.2. The number of rotatable bonds is 12. The Kier molecular flexibility index (Phi) is 11.7. The standard InChI is InChI=1S/C44H72N6O7S/c1-28(2)49-25-14-11-18-31(49)35(51)45-33(29-16-9-8-10-17-29)37(53)46-34(40(3,4)5)38(54)50-27-44(41(6,7)43(44)23-15-24-43)26-32(50)36(52)47-42(21-12-13-22-42)39(55)48-58(56,57)30-19-20-30/h28-34H,8-27H2,1-7H3,(H,45,51)(H,46,53)(H,47,52)(H,48,55)/t31-,32-,33-,34+,44+/m0/s1. The number of nitrogens with zero attached hydrogens (tertiary/aromatic N) is 2. The predicted octanol–water partition coefficient (Wildman–Crippen LogP) is 4.68. The first kappa shape index (κ1) is 43.4. The van der Waals surface area contributed by atoms with Crippen molar-refractivity contribution in [2.24, 2.45) is 27.6 Å². The number of fused-ring (bicyclic) bond motifs is 1. The molecule has 0 bridgehead atoms. The van der Waals surface area contributed by atoms with Crippen LogP contribution in [0.3, 0.4) is 0 Å². The molecule has 2 spiro atoms. The molecule has 5 saturated carbocycles. The van der Waals surface area contributed by atoms with Gasteiger partial charge in [0.05, 0.1) is 11.3 Å². The number of likely N-dealkylation sites (tertiary alicyclic amines) is 2. The van der Waals surface area contributed by atoms with Gasteiger partial charge in [-0.2, -0.15) is 0 Å². The Morgan fingerprint density at radius 1 is 0.724 bits per heavy atom. The number of hydrogen-bond acceptors (Lipinski definition) is 8. The van der Waals surface area contributed by atoms with Crippen LogP contribution in [-0.4, -0.2) is 102 Å². The highest BCUT2D eigenvalue weighted by Gasteiger charge is 2.85. The third-order valence-electron chi connectivity index (χ3n) is 16.5. The summed E-state index contributed by atoms with van der Waals surface area (Å²) in [5, 5.41) is 8.85. The smallest absolute Gasteiger partial charge is 0.259 e. The minimum Gasteiger partial charge on any atom is -0.343 e. The molecular weight excluding hydrogens is 757 g/mol. The summed E-state index contributed by atoms with van der Waals surface area (Å²) < 4.78 is 28.1. The number of hydrogen-bond donors (Lipinski definition) is 4. The summed E-state index contributed by atoms with van der Waals surface area (Å²) in [5.74, 6) is -2.04. The fourth-order valence-corrected chi connectivity index (χ4v) is 13.9. The lowest BCUT2D eigenvalue weighted by Crippen LogP contribution is -2.64. The van der Waals surface area contributed by atoms with Gasteiger partial charge in [-0.3, -0.25) is 33.6 Å². The number of piperidine rings is 1. The number of amides is 5. The SMILES string of the molecule is CC(C)N1CCCC[C@H]1C(=O)N[C@H](C(=O)N[C@H](C(=O)N1C[C@]2(C[C@H]1C(=O)NC1(C(=O)NS(=O)(=O)C3CC3)CCCC1)C(C)(C)C21CCC1)C(C)(C)C)C1CCCCC1. The second-order valence-electron chi connectivity index (χ2n) is 21.3. The summed E-state index contributed by atoms with van der Waals surface area (Å²) in [6.07, 6.45) is 14.0. The summed E-state index contributed by atoms with van der Waals surface area (Å²) >= 11 is 0. The molecule has 13 nitrogen and oxygen atoms in total. The van der Waals surface area contributed by atoms with Crippen molar-refractivity contribution < 1.29 is 32.4 Å².